The fourth-order valence-electron chi connectivity index (χ4n) is 2.45. The molecule has 0 fully saturated rings. The topological polar surface area (TPSA) is 0 Å². The van der Waals surface area contributed by atoms with Crippen LogP contribution >= 0.6 is 35.3 Å². The van der Waals surface area contributed by atoms with Crippen LogP contribution in [-0.2, 0) is 0 Å². The van der Waals surface area contributed by atoms with Crippen molar-refractivity contribution in [2.75, 3.05) is 0 Å². The van der Waals surface area contributed by atoms with Crippen molar-refractivity contribution in [3.8, 4) is 0 Å². The summed E-state index contributed by atoms with van der Waals surface area (Å²) < 4.78 is 1.33. The van der Waals surface area contributed by atoms with Crippen LogP contribution in [0.3, 0.4) is 0 Å². The molecule has 2 aliphatic heterocycles. The Balaban J connectivity index is 1.85. The molecule has 2 aliphatic rings. The number of hydrogen-bond acceptors (Lipinski definition) is 3. The first kappa shape index (κ1) is 13.4. The highest BCUT2D eigenvalue weighted by Gasteiger charge is 2.19. The number of allylic oxidation sites excluding steroid dienone is 2. The summed E-state index contributed by atoms with van der Waals surface area (Å²) in [5.74, 6) is 0. The fraction of sp³-hybridized carbons (Fsp3) is 0. The van der Waals surface area contributed by atoms with Crippen molar-refractivity contribution in [3.63, 3.8) is 0 Å². The predicted molar refractivity (Wildman–Crippen MR) is 96.5 cm³/mol. The second-order valence-corrected chi connectivity index (χ2v) is 7.91. The summed E-state index contributed by atoms with van der Waals surface area (Å²) in [6.07, 6.45) is 4.49. The normalized spacial score (nSPS) is 15.6. The number of hydrogen-bond donors (Lipinski definition) is 0. The molecule has 0 atom stereocenters. The largest absolute Gasteiger partial charge is 0.0902 e. The molecule has 0 spiro atoms. The summed E-state index contributed by atoms with van der Waals surface area (Å²) in [5.41, 5.74) is 3.98. The molecular weight excluding hydrogens is 312 g/mol. The van der Waals surface area contributed by atoms with Gasteiger partial charge in [0, 0.05) is 14.0 Å². The van der Waals surface area contributed by atoms with Crippen LogP contribution in [0, 0.1) is 0 Å². The lowest BCUT2D eigenvalue weighted by atomic mass is 9.97. The van der Waals surface area contributed by atoms with Crippen molar-refractivity contribution in [2.24, 2.45) is 0 Å². The average Bonchev–Trinajstić information content (AvgIpc) is 3.05. The van der Waals surface area contributed by atoms with Gasteiger partial charge in [-0.1, -0.05) is 77.8 Å². The molecule has 102 valence electrons. The van der Waals surface area contributed by atoms with E-state index in [2.05, 4.69) is 71.5 Å². The summed E-state index contributed by atoms with van der Waals surface area (Å²) in [6.45, 7) is 0. The minimum atomic E-state index is 1.32. The Labute approximate surface area is 137 Å². The van der Waals surface area contributed by atoms with Gasteiger partial charge in [0.1, 0.15) is 0 Å². The van der Waals surface area contributed by atoms with E-state index < -0.39 is 0 Å². The van der Waals surface area contributed by atoms with Gasteiger partial charge in [-0.25, -0.2) is 0 Å². The third kappa shape index (κ3) is 2.61. The molecule has 0 nitrogen and oxygen atoms in total. The van der Waals surface area contributed by atoms with E-state index in [0.29, 0.717) is 0 Å². The lowest BCUT2D eigenvalue weighted by Gasteiger charge is -2.21. The van der Waals surface area contributed by atoms with Gasteiger partial charge < -0.3 is 0 Å². The van der Waals surface area contributed by atoms with Gasteiger partial charge >= 0.3 is 0 Å². The average molecular weight is 324 g/mol. The third-order valence-corrected chi connectivity index (χ3v) is 6.57. The van der Waals surface area contributed by atoms with Crippen LogP contribution in [0.15, 0.2) is 85.5 Å². The van der Waals surface area contributed by atoms with E-state index in [0.717, 1.165) is 0 Å². The molecule has 4 rings (SSSR count). The molecule has 0 unspecified atom stereocenters. The predicted octanol–water partition coefficient (Wildman–Crippen LogP) is 6.38. The zero-order valence-corrected chi connectivity index (χ0v) is 13.6. The van der Waals surface area contributed by atoms with Crippen molar-refractivity contribution >= 4 is 40.9 Å². The van der Waals surface area contributed by atoms with E-state index in [1.54, 1.807) is 23.5 Å². The number of rotatable bonds is 1. The van der Waals surface area contributed by atoms with Crippen LogP contribution in [0.4, 0.5) is 0 Å². The molecule has 0 bridgehead atoms. The summed E-state index contributed by atoms with van der Waals surface area (Å²) in [6, 6.07) is 17.3. The molecule has 0 radical (unpaired) electrons. The van der Waals surface area contributed by atoms with Gasteiger partial charge in [0.05, 0.1) is 0 Å². The van der Waals surface area contributed by atoms with E-state index in [-0.39, 0.29) is 0 Å². The Morgan fingerprint density at radius 3 is 1.86 bits per heavy atom. The van der Waals surface area contributed by atoms with E-state index >= 15 is 0 Å². The molecule has 0 amide bonds. The Morgan fingerprint density at radius 2 is 1.24 bits per heavy atom. The number of benzene rings is 2. The second-order valence-electron chi connectivity index (χ2n) is 4.67. The Hall–Kier alpha value is -1.29. The van der Waals surface area contributed by atoms with Gasteiger partial charge in [0.25, 0.3) is 0 Å². The zero-order chi connectivity index (χ0) is 14.1. The van der Waals surface area contributed by atoms with Gasteiger partial charge in [-0.15, -0.1) is 0 Å². The van der Waals surface area contributed by atoms with Crippen molar-refractivity contribution in [3.05, 3.63) is 86.9 Å². The molecule has 0 saturated heterocycles. The van der Waals surface area contributed by atoms with E-state index in [4.69, 9.17) is 0 Å². The van der Waals surface area contributed by atoms with Gasteiger partial charge in [-0.05, 0) is 45.7 Å². The Morgan fingerprint density at radius 1 is 0.667 bits per heavy atom. The van der Waals surface area contributed by atoms with Crippen LogP contribution in [0.25, 0.3) is 5.57 Å². The molecule has 2 aromatic rings. The maximum atomic E-state index is 2.26. The quantitative estimate of drug-likeness (QED) is 0.510. The molecule has 0 saturated carbocycles. The lowest BCUT2D eigenvalue weighted by Crippen LogP contribution is -1.98. The molecule has 21 heavy (non-hydrogen) atoms. The lowest BCUT2D eigenvalue weighted by molar-refractivity contribution is 1.29. The highest BCUT2D eigenvalue weighted by molar-refractivity contribution is 8.27. The highest BCUT2D eigenvalue weighted by Crippen LogP contribution is 2.45. The summed E-state index contributed by atoms with van der Waals surface area (Å²) >= 11 is 5.43. The van der Waals surface area contributed by atoms with Gasteiger partial charge in [0.2, 0.25) is 0 Å². The van der Waals surface area contributed by atoms with Crippen LogP contribution in [0.2, 0.25) is 0 Å². The molecule has 3 heteroatoms. The number of fused-ring (bicyclic) bond motifs is 2. The van der Waals surface area contributed by atoms with Gasteiger partial charge in [0.15, 0.2) is 0 Å². The molecule has 0 aliphatic carbocycles. The molecular formula is C18H12S3. The first-order valence-electron chi connectivity index (χ1n) is 6.69. The van der Waals surface area contributed by atoms with Crippen molar-refractivity contribution in [2.45, 2.75) is 9.79 Å². The van der Waals surface area contributed by atoms with Crippen LogP contribution in [0.5, 0.6) is 0 Å². The van der Waals surface area contributed by atoms with E-state index in [9.17, 15) is 0 Å². The summed E-state index contributed by atoms with van der Waals surface area (Å²) in [7, 11) is 0. The maximum absolute atomic E-state index is 2.26. The molecule has 2 aromatic carbocycles. The maximum Gasteiger partial charge on any atom is 0.0487 e. The van der Waals surface area contributed by atoms with Crippen LogP contribution in [-0.4, -0.2) is 0 Å². The Kier molecular flexibility index (Phi) is 3.72. The second kappa shape index (κ2) is 5.84. The van der Waals surface area contributed by atoms with Gasteiger partial charge in [-0.3, -0.25) is 0 Å². The zero-order valence-electron chi connectivity index (χ0n) is 11.2. The van der Waals surface area contributed by atoms with E-state index in [1.807, 2.05) is 11.8 Å². The summed E-state index contributed by atoms with van der Waals surface area (Å²) in [5, 5.41) is 4.27. The van der Waals surface area contributed by atoms with E-state index in [1.165, 1.54) is 30.7 Å². The van der Waals surface area contributed by atoms with Crippen LogP contribution in [0.1, 0.15) is 11.1 Å². The Bertz CT molecular complexity index is 727. The van der Waals surface area contributed by atoms with Crippen LogP contribution < -0.4 is 0 Å². The van der Waals surface area contributed by atoms with Crippen molar-refractivity contribution in [1.82, 2.24) is 0 Å². The first-order chi connectivity index (χ1) is 10.4. The summed E-state index contributed by atoms with van der Waals surface area (Å²) in [4.78, 5) is 2.68. The smallest absolute Gasteiger partial charge is 0.0487 e. The first-order valence-corrected chi connectivity index (χ1v) is 9.26. The third-order valence-electron chi connectivity index (χ3n) is 3.38. The molecule has 0 aromatic heterocycles. The molecule has 2 heterocycles. The molecule has 0 N–H and O–H groups in total. The number of thioether (sulfide) groups is 2. The minimum Gasteiger partial charge on any atom is -0.0902 e. The monoisotopic (exact) mass is 324 g/mol. The minimum absolute atomic E-state index is 1.32. The standard InChI is InChI=1S/C18H12S3/c1-3-7-16-14(5-1)13(9-10-18-19-11-12-20-18)15-6-2-4-8-17(15)21-16/h1-12H. The van der Waals surface area contributed by atoms with Gasteiger partial charge in [-0.2, -0.15) is 0 Å². The fourth-order valence-corrected chi connectivity index (χ4v) is 5.11. The SMILES string of the molecule is C1=CSC(=CC=C2c3ccccc3Sc3ccccc32)S1. The van der Waals surface area contributed by atoms with Crippen molar-refractivity contribution in [1.29, 1.82) is 0 Å². The van der Waals surface area contributed by atoms with Crippen molar-refractivity contribution < 1.29 is 0 Å². The highest BCUT2D eigenvalue weighted by atomic mass is 32.2.